The third kappa shape index (κ3) is 2.37. The molecular weight excluding hydrogens is 256 g/mol. The molecular formula is C14H16N4O2. The van der Waals surface area contributed by atoms with Gasteiger partial charge >= 0.3 is 0 Å². The van der Waals surface area contributed by atoms with Crippen molar-refractivity contribution >= 4 is 11.7 Å². The molecule has 6 nitrogen and oxygen atoms in total. The van der Waals surface area contributed by atoms with E-state index in [1.165, 1.54) is 6.07 Å². The van der Waals surface area contributed by atoms with Gasteiger partial charge in [0.1, 0.15) is 5.75 Å². The summed E-state index contributed by atoms with van der Waals surface area (Å²) in [7, 11) is 0. The van der Waals surface area contributed by atoms with Gasteiger partial charge in [-0.15, -0.1) is 0 Å². The van der Waals surface area contributed by atoms with E-state index in [9.17, 15) is 9.90 Å². The quantitative estimate of drug-likeness (QED) is 0.769. The summed E-state index contributed by atoms with van der Waals surface area (Å²) >= 11 is 0. The number of rotatable bonds is 2. The average molecular weight is 272 g/mol. The molecule has 2 heterocycles. The Hall–Kier alpha value is -2.34. The second kappa shape index (κ2) is 4.97. The fourth-order valence-electron chi connectivity index (χ4n) is 2.29. The predicted molar refractivity (Wildman–Crippen MR) is 74.7 cm³/mol. The van der Waals surface area contributed by atoms with Crippen molar-refractivity contribution < 1.29 is 9.90 Å². The molecule has 104 valence electrons. The number of phenolic OH excluding ortho intramolecular Hbond substituents is 1. The highest BCUT2D eigenvalue weighted by Crippen LogP contribution is 2.18. The SMILES string of the molecule is Cc1ccc(O)cc1C(=O)Nc1cc2n(n1)CCNC2. The Morgan fingerprint density at radius 1 is 1.45 bits per heavy atom. The molecule has 0 aliphatic carbocycles. The Bertz CT molecular complexity index is 640. The van der Waals surface area contributed by atoms with E-state index in [1.807, 2.05) is 17.7 Å². The molecule has 1 aromatic heterocycles. The maximum atomic E-state index is 12.2. The van der Waals surface area contributed by atoms with Gasteiger partial charge in [-0.05, 0) is 24.6 Å². The number of aromatic hydroxyl groups is 1. The van der Waals surface area contributed by atoms with Crippen LogP contribution in [0.25, 0.3) is 0 Å². The van der Waals surface area contributed by atoms with Crippen LogP contribution in [0.3, 0.4) is 0 Å². The number of carbonyl (C=O) groups is 1. The van der Waals surface area contributed by atoms with Crippen molar-refractivity contribution in [2.24, 2.45) is 0 Å². The van der Waals surface area contributed by atoms with Crippen molar-refractivity contribution in [3.63, 3.8) is 0 Å². The molecule has 6 heteroatoms. The molecule has 1 amide bonds. The number of nitrogens with zero attached hydrogens (tertiary/aromatic N) is 2. The molecule has 3 N–H and O–H groups in total. The van der Waals surface area contributed by atoms with Gasteiger partial charge in [0.15, 0.2) is 5.82 Å². The van der Waals surface area contributed by atoms with Crippen LogP contribution in [0.4, 0.5) is 5.82 Å². The molecule has 20 heavy (non-hydrogen) atoms. The zero-order valence-electron chi connectivity index (χ0n) is 11.2. The van der Waals surface area contributed by atoms with Crippen LogP contribution in [0.2, 0.25) is 0 Å². The first-order valence-corrected chi connectivity index (χ1v) is 6.52. The zero-order chi connectivity index (χ0) is 14.1. The minimum absolute atomic E-state index is 0.0779. The van der Waals surface area contributed by atoms with E-state index in [0.717, 1.165) is 30.9 Å². The molecule has 0 atom stereocenters. The first kappa shape index (κ1) is 12.7. The Labute approximate surface area is 116 Å². The number of amides is 1. The molecule has 3 rings (SSSR count). The molecule has 1 aliphatic heterocycles. The second-order valence-electron chi connectivity index (χ2n) is 4.87. The monoisotopic (exact) mass is 272 g/mol. The summed E-state index contributed by atoms with van der Waals surface area (Å²) in [6, 6.07) is 6.60. The topological polar surface area (TPSA) is 79.2 Å². The third-order valence-electron chi connectivity index (χ3n) is 3.38. The van der Waals surface area contributed by atoms with Gasteiger partial charge in [-0.25, -0.2) is 0 Å². The number of fused-ring (bicyclic) bond motifs is 1. The third-order valence-corrected chi connectivity index (χ3v) is 3.38. The van der Waals surface area contributed by atoms with E-state index < -0.39 is 0 Å². The molecule has 2 aromatic rings. The number of anilines is 1. The van der Waals surface area contributed by atoms with E-state index in [0.29, 0.717) is 11.4 Å². The number of phenols is 1. The summed E-state index contributed by atoms with van der Waals surface area (Å²) in [5.41, 5.74) is 2.32. The van der Waals surface area contributed by atoms with Crippen molar-refractivity contribution in [1.82, 2.24) is 15.1 Å². The number of aryl methyl sites for hydroxylation is 1. The van der Waals surface area contributed by atoms with Crippen molar-refractivity contribution in [3.05, 3.63) is 41.1 Å². The van der Waals surface area contributed by atoms with Gasteiger partial charge in [0, 0.05) is 24.7 Å². The number of aromatic nitrogens is 2. The standard InChI is InChI=1S/C14H16N4O2/c1-9-2-3-11(19)7-12(9)14(20)16-13-6-10-8-15-4-5-18(10)17-13/h2-3,6-7,15,19H,4-5,8H2,1H3,(H,16,17,20). The lowest BCUT2D eigenvalue weighted by Crippen LogP contribution is -2.28. The Morgan fingerprint density at radius 2 is 2.30 bits per heavy atom. The van der Waals surface area contributed by atoms with Crippen LogP contribution in [-0.4, -0.2) is 27.3 Å². The molecule has 0 saturated heterocycles. The summed E-state index contributed by atoms with van der Waals surface area (Å²) in [5.74, 6) is 0.354. The second-order valence-corrected chi connectivity index (χ2v) is 4.87. The summed E-state index contributed by atoms with van der Waals surface area (Å²) in [5, 5.41) is 19.9. The van der Waals surface area contributed by atoms with Crippen LogP contribution < -0.4 is 10.6 Å². The normalized spacial score (nSPS) is 13.8. The zero-order valence-corrected chi connectivity index (χ0v) is 11.2. The van der Waals surface area contributed by atoms with Crippen LogP contribution >= 0.6 is 0 Å². The van der Waals surface area contributed by atoms with E-state index in [2.05, 4.69) is 15.7 Å². The van der Waals surface area contributed by atoms with Gasteiger partial charge in [0.05, 0.1) is 12.2 Å². The molecule has 1 aromatic carbocycles. The molecule has 0 unspecified atom stereocenters. The summed E-state index contributed by atoms with van der Waals surface area (Å²) in [6.45, 7) is 4.27. The first-order chi connectivity index (χ1) is 9.63. The predicted octanol–water partition coefficient (Wildman–Crippen LogP) is 1.25. The lowest BCUT2D eigenvalue weighted by atomic mass is 10.1. The van der Waals surface area contributed by atoms with Crippen LogP contribution in [0.5, 0.6) is 5.75 Å². The molecule has 1 aliphatic rings. The fourth-order valence-corrected chi connectivity index (χ4v) is 2.29. The summed E-state index contributed by atoms with van der Waals surface area (Å²) in [4.78, 5) is 12.2. The average Bonchev–Trinajstić information content (AvgIpc) is 2.83. The van der Waals surface area contributed by atoms with Crippen LogP contribution in [0, 0.1) is 6.92 Å². The van der Waals surface area contributed by atoms with Crippen molar-refractivity contribution in [2.75, 3.05) is 11.9 Å². The maximum Gasteiger partial charge on any atom is 0.257 e. The number of nitrogens with one attached hydrogen (secondary N) is 2. The lowest BCUT2D eigenvalue weighted by Gasteiger charge is -2.13. The van der Waals surface area contributed by atoms with Gasteiger partial charge in [0.2, 0.25) is 0 Å². The maximum absolute atomic E-state index is 12.2. The summed E-state index contributed by atoms with van der Waals surface area (Å²) < 4.78 is 1.89. The highest BCUT2D eigenvalue weighted by Gasteiger charge is 2.15. The Kier molecular flexibility index (Phi) is 3.15. The van der Waals surface area contributed by atoms with Crippen molar-refractivity contribution in [2.45, 2.75) is 20.0 Å². The molecule has 0 spiro atoms. The van der Waals surface area contributed by atoms with Gasteiger partial charge < -0.3 is 15.7 Å². The van der Waals surface area contributed by atoms with E-state index in [-0.39, 0.29) is 11.7 Å². The smallest absolute Gasteiger partial charge is 0.257 e. The van der Waals surface area contributed by atoms with E-state index in [4.69, 9.17) is 0 Å². The molecule has 0 radical (unpaired) electrons. The minimum Gasteiger partial charge on any atom is -0.508 e. The Morgan fingerprint density at radius 3 is 3.10 bits per heavy atom. The number of benzene rings is 1. The van der Waals surface area contributed by atoms with Crippen molar-refractivity contribution in [3.8, 4) is 5.75 Å². The van der Waals surface area contributed by atoms with Gasteiger partial charge in [-0.3, -0.25) is 9.48 Å². The van der Waals surface area contributed by atoms with Crippen LogP contribution in [0.1, 0.15) is 21.6 Å². The van der Waals surface area contributed by atoms with Crippen LogP contribution in [-0.2, 0) is 13.1 Å². The first-order valence-electron chi connectivity index (χ1n) is 6.52. The van der Waals surface area contributed by atoms with Gasteiger partial charge in [0.25, 0.3) is 5.91 Å². The lowest BCUT2D eigenvalue weighted by molar-refractivity contribution is 0.102. The molecule has 0 saturated carbocycles. The molecule has 0 bridgehead atoms. The number of hydrogen-bond acceptors (Lipinski definition) is 4. The van der Waals surface area contributed by atoms with Gasteiger partial charge in [-0.2, -0.15) is 5.10 Å². The summed E-state index contributed by atoms with van der Waals surface area (Å²) in [6.07, 6.45) is 0. The van der Waals surface area contributed by atoms with E-state index in [1.54, 1.807) is 12.1 Å². The van der Waals surface area contributed by atoms with Gasteiger partial charge in [-0.1, -0.05) is 6.07 Å². The fraction of sp³-hybridized carbons (Fsp3) is 0.286. The number of hydrogen-bond donors (Lipinski definition) is 3. The van der Waals surface area contributed by atoms with Crippen LogP contribution in [0.15, 0.2) is 24.3 Å². The van der Waals surface area contributed by atoms with Crippen molar-refractivity contribution in [1.29, 1.82) is 0 Å². The largest absolute Gasteiger partial charge is 0.508 e. The highest BCUT2D eigenvalue weighted by molar-refractivity contribution is 6.05. The van der Waals surface area contributed by atoms with E-state index >= 15 is 0 Å². The molecule has 0 fully saturated rings. The Balaban J connectivity index is 1.82. The minimum atomic E-state index is -0.262. The highest BCUT2D eigenvalue weighted by atomic mass is 16.3. The number of carbonyl (C=O) groups excluding carboxylic acids is 1.